The van der Waals surface area contributed by atoms with Gasteiger partial charge in [-0.25, -0.2) is 0 Å². The standard InChI is InChI=1S/C24H18N2O5/c1-15-9-11-16(12-10-15)23(28)24-22(19-7-2-3-8-21(19)31-24)25-14-20(27)17-5-4-6-18(13-17)26(29)30/h2-13,25H,14H2,1H3. The molecule has 4 aromatic rings. The van der Waals surface area contributed by atoms with Gasteiger partial charge < -0.3 is 9.73 Å². The summed E-state index contributed by atoms with van der Waals surface area (Å²) in [5.41, 5.74) is 2.48. The second-order valence-electron chi connectivity index (χ2n) is 7.08. The van der Waals surface area contributed by atoms with E-state index < -0.39 is 4.92 Å². The number of nitrogens with zero attached hydrogens (tertiary/aromatic N) is 1. The monoisotopic (exact) mass is 414 g/mol. The van der Waals surface area contributed by atoms with Gasteiger partial charge in [0.1, 0.15) is 5.58 Å². The maximum absolute atomic E-state index is 13.1. The van der Waals surface area contributed by atoms with Gasteiger partial charge in [-0.3, -0.25) is 19.7 Å². The van der Waals surface area contributed by atoms with Crippen LogP contribution in [0.25, 0.3) is 11.0 Å². The Kier molecular flexibility index (Phi) is 5.32. The van der Waals surface area contributed by atoms with Crippen LogP contribution < -0.4 is 5.32 Å². The summed E-state index contributed by atoms with van der Waals surface area (Å²) >= 11 is 0. The number of carbonyl (C=O) groups is 2. The smallest absolute Gasteiger partial charge is 0.270 e. The predicted octanol–water partition coefficient (Wildman–Crippen LogP) is 5.18. The number of nitrogens with one attached hydrogen (secondary N) is 1. The fourth-order valence-electron chi connectivity index (χ4n) is 3.28. The molecule has 7 heteroatoms. The molecule has 0 saturated heterocycles. The van der Waals surface area contributed by atoms with Crippen molar-refractivity contribution in [2.24, 2.45) is 0 Å². The van der Waals surface area contributed by atoms with Crippen LogP contribution in [-0.2, 0) is 0 Å². The number of ketones is 2. The third-order valence-electron chi connectivity index (χ3n) is 4.92. The summed E-state index contributed by atoms with van der Waals surface area (Å²) in [5, 5.41) is 14.7. The number of furan rings is 1. The van der Waals surface area contributed by atoms with Crippen molar-refractivity contribution in [1.29, 1.82) is 0 Å². The maximum atomic E-state index is 13.1. The molecule has 0 saturated carbocycles. The van der Waals surface area contributed by atoms with E-state index in [2.05, 4.69) is 5.32 Å². The van der Waals surface area contributed by atoms with Crippen LogP contribution in [0.1, 0.15) is 32.0 Å². The molecule has 0 atom stereocenters. The largest absolute Gasteiger partial charge is 0.450 e. The zero-order chi connectivity index (χ0) is 22.0. The zero-order valence-corrected chi connectivity index (χ0v) is 16.6. The highest BCUT2D eigenvalue weighted by Gasteiger charge is 2.22. The van der Waals surface area contributed by atoms with Crippen LogP contribution in [-0.4, -0.2) is 23.0 Å². The molecule has 31 heavy (non-hydrogen) atoms. The van der Waals surface area contributed by atoms with Gasteiger partial charge in [0.25, 0.3) is 5.69 Å². The first-order chi connectivity index (χ1) is 14.9. The molecule has 0 spiro atoms. The minimum atomic E-state index is -0.549. The number of para-hydroxylation sites is 1. The van der Waals surface area contributed by atoms with Crippen LogP contribution in [0, 0.1) is 17.0 Å². The number of carbonyl (C=O) groups excluding carboxylic acids is 2. The van der Waals surface area contributed by atoms with Gasteiger partial charge in [0.2, 0.25) is 5.78 Å². The molecule has 0 aliphatic carbocycles. The van der Waals surface area contributed by atoms with E-state index in [0.717, 1.165) is 5.56 Å². The lowest BCUT2D eigenvalue weighted by Crippen LogP contribution is -2.15. The van der Waals surface area contributed by atoms with Crippen LogP contribution in [0.3, 0.4) is 0 Å². The molecular weight excluding hydrogens is 396 g/mol. The molecule has 4 rings (SSSR count). The third-order valence-corrected chi connectivity index (χ3v) is 4.92. The van der Waals surface area contributed by atoms with Gasteiger partial charge >= 0.3 is 0 Å². The van der Waals surface area contributed by atoms with Crippen LogP contribution in [0.4, 0.5) is 11.4 Å². The Balaban J connectivity index is 1.65. The van der Waals surface area contributed by atoms with E-state index in [0.29, 0.717) is 22.2 Å². The first kappa shape index (κ1) is 20.0. The number of nitro groups is 1. The van der Waals surface area contributed by atoms with E-state index in [9.17, 15) is 19.7 Å². The molecule has 0 fully saturated rings. The van der Waals surface area contributed by atoms with E-state index >= 15 is 0 Å². The van der Waals surface area contributed by atoms with Crippen LogP contribution in [0.2, 0.25) is 0 Å². The number of non-ortho nitro benzene ring substituents is 1. The molecule has 1 N–H and O–H groups in total. The van der Waals surface area contributed by atoms with Gasteiger partial charge in [0.05, 0.1) is 17.2 Å². The normalized spacial score (nSPS) is 10.7. The number of benzene rings is 3. The molecule has 0 aliphatic rings. The van der Waals surface area contributed by atoms with E-state index in [4.69, 9.17) is 4.42 Å². The Morgan fingerprint density at radius 2 is 1.71 bits per heavy atom. The van der Waals surface area contributed by atoms with Crippen molar-refractivity contribution in [1.82, 2.24) is 0 Å². The number of fused-ring (bicyclic) bond motifs is 1. The number of anilines is 1. The quantitative estimate of drug-likeness (QED) is 0.254. The van der Waals surface area contributed by atoms with Crippen molar-refractivity contribution in [2.75, 3.05) is 11.9 Å². The highest BCUT2D eigenvalue weighted by molar-refractivity contribution is 6.15. The average Bonchev–Trinajstić information content (AvgIpc) is 3.16. The summed E-state index contributed by atoms with van der Waals surface area (Å²) in [7, 11) is 0. The Labute approximate surface area is 177 Å². The van der Waals surface area contributed by atoms with Crippen molar-refractivity contribution in [3.05, 3.63) is 105 Å². The lowest BCUT2D eigenvalue weighted by Gasteiger charge is -2.07. The number of hydrogen-bond donors (Lipinski definition) is 1. The van der Waals surface area contributed by atoms with Gasteiger partial charge in [0, 0.05) is 28.6 Å². The van der Waals surface area contributed by atoms with Crippen molar-refractivity contribution < 1.29 is 18.9 Å². The predicted molar refractivity (Wildman–Crippen MR) is 117 cm³/mol. The highest BCUT2D eigenvalue weighted by atomic mass is 16.6. The van der Waals surface area contributed by atoms with E-state index in [1.165, 1.54) is 24.3 Å². The lowest BCUT2D eigenvalue weighted by atomic mass is 10.1. The van der Waals surface area contributed by atoms with Crippen molar-refractivity contribution in [3.8, 4) is 0 Å². The van der Waals surface area contributed by atoms with Crippen LogP contribution in [0.15, 0.2) is 77.2 Å². The van der Waals surface area contributed by atoms with Crippen molar-refractivity contribution >= 4 is 33.9 Å². The minimum absolute atomic E-state index is 0.108. The highest BCUT2D eigenvalue weighted by Crippen LogP contribution is 2.32. The first-order valence-electron chi connectivity index (χ1n) is 9.58. The fraction of sp³-hybridized carbons (Fsp3) is 0.0833. The third kappa shape index (κ3) is 4.06. The molecule has 1 aromatic heterocycles. The lowest BCUT2D eigenvalue weighted by molar-refractivity contribution is -0.384. The molecule has 0 aliphatic heterocycles. The molecule has 0 amide bonds. The zero-order valence-electron chi connectivity index (χ0n) is 16.6. The Bertz CT molecular complexity index is 1310. The van der Waals surface area contributed by atoms with Gasteiger partial charge in [0.15, 0.2) is 11.5 Å². The topological polar surface area (TPSA) is 102 Å². The Hall–Kier alpha value is -4.26. The molecule has 7 nitrogen and oxygen atoms in total. The summed E-state index contributed by atoms with van der Waals surface area (Å²) in [5.74, 6) is -0.541. The minimum Gasteiger partial charge on any atom is -0.450 e. The van der Waals surface area contributed by atoms with Gasteiger partial charge in [-0.05, 0) is 19.1 Å². The molecular formula is C24H18N2O5. The summed E-state index contributed by atoms with van der Waals surface area (Å²) < 4.78 is 5.82. The molecule has 0 radical (unpaired) electrons. The Morgan fingerprint density at radius 3 is 2.45 bits per heavy atom. The molecule has 1 heterocycles. The van der Waals surface area contributed by atoms with Crippen LogP contribution >= 0.6 is 0 Å². The van der Waals surface area contributed by atoms with Crippen molar-refractivity contribution in [3.63, 3.8) is 0 Å². The van der Waals surface area contributed by atoms with E-state index in [1.807, 2.05) is 25.1 Å². The number of Topliss-reactive ketones (excluding diaryl/α,β-unsaturated/α-hetero) is 1. The number of nitro benzene ring substituents is 1. The fourth-order valence-corrected chi connectivity index (χ4v) is 3.28. The molecule has 0 bridgehead atoms. The van der Waals surface area contributed by atoms with E-state index in [1.54, 1.807) is 30.3 Å². The number of aryl methyl sites for hydroxylation is 1. The molecule has 0 unspecified atom stereocenters. The summed E-state index contributed by atoms with van der Waals surface area (Å²) in [6.07, 6.45) is 0. The molecule has 3 aromatic carbocycles. The van der Waals surface area contributed by atoms with Crippen molar-refractivity contribution in [2.45, 2.75) is 6.92 Å². The van der Waals surface area contributed by atoms with E-state index in [-0.39, 0.29) is 35.1 Å². The number of hydrogen-bond acceptors (Lipinski definition) is 6. The summed E-state index contributed by atoms with van der Waals surface area (Å²) in [6, 6.07) is 19.8. The first-order valence-corrected chi connectivity index (χ1v) is 9.58. The average molecular weight is 414 g/mol. The maximum Gasteiger partial charge on any atom is 0.270 e. The second kappa shape index (κ2) is 8.23. The summed E-state index contributed by atoms with van der Waals surface area (Å²) in [4.78, 5) is 36.1. The second-order valence-corrected chi connectivity index (χ2v) is 7.08. The van der Waals surface area contributed by atoms with Gasteiger partial charge in [-0.15, -0.1) is 0 Å². The molecule has 154 valence electrons. The SMILES string of the molecule is Cc1ccc(C(=O)c2oc3ccccc3c2NCC(=O)c2cccc([N+](=O)[O-])c2)cc1. The van der Waals surface area contributed by atoms with Crippen LogP contribution in [0.5, 0.6) is 0 Å². The van der Waals surface area contributed by atoms with Gasteiger partial charge in [-0.2, -0.15) is 0 Å². The van der Waals surface area contributed by atoms with Gasteiger partial charge in [-0.1, -0.05) is 54.1 Å². The number of rotatable bonds is 7. The summed E-state index contributed by atoms with van der Waals surface area (Å²) in [6.45, 7) is 1.78. The Morgan fingerprint density at radius 1 is 0.968 bits per heavy atom.